The third-order valence-electron chi connectivity index (χ3n) is 1.11. The molecule has 52 valence electrons. The van der Waals surface area contributed by atoms with Crippen LogP contribution in [0.5, 0.6) is 0 Å². The second kappa shape index (κ2) is 4.68. The Labute approximate surface area is 62.0 Å². The van der Waals surface area contributed by atoms with Gasteiger partial charge in [-0.15, -0.1) is 11.8 Å². The molecule has 0 rings (SSSR count). The molecule has 0 heterocycles. The first-order chi connectivity index (χ1) is 4.20. The van der Waals surface area contributed by atoms with Crippen molar-refractivity contribution in [2.45, 2.75) is 27.2 Å². The van der Waals surface area contributed by atoms with Gasteiger partial charge < -0.3 is 0 Å². The summed E-state index contributed by atoms with van der Waals surface area (Å²) in [6.45, 7) is 10.2. The van der Waals surface area contributed by atoms with E-state index in [1.54, 1.807) is 11.8 Å². The molecule has 1 heteroatoms. The van der Waals surface area contributed by atoms with Crippen molar-refractivity contribution in [1.29, 1.82) is 0 Å². The van der Waals surface area contributed by atoms with Gasteiger partial charge in [0.2, 0.25) is 0 Å². The second-order valence-corrected chi connectivity index (χ2v) is 3.32. The molecule has 0 spiro atoms. The summed E-state index contributed by atoms with van der Waals surface area (Å²) >= 11 is 1.77. The molecule has 0 aromatic carbocycles. The van der Waals surface area contributed by atoms with Crippen LogP contribution in [0.4, 0.5) is 0 Å². The molecule has 0 aliphatic heterocycles. The summed E-state index contributed by atoms with van der Waals surface area (Å²) in [6.07, 6.45) is 3.17. The monoisotopic (exact) mass is 142 g/mol. The lowest BCUT2D eigenvalue weighted by Crippen LogP contribution is -1.69. The average molecular weight is 142 g/mol. The fourth-order valence-corrected chi connectivity index (χ4v) is 1.08. The smallest absolute Gasteiger partial charge is 0.0180 e. The minimum absolute atomic E-state index is 1.07. The SMILES string of the molecule is C=C(CC)S/C(C)=C\C. The average Bonchev–Trinajstić information content (AvgIpc) is 1.87. The molecular formula is C8H14S. The van der Waals surface area contributed by atoms with E-state index in [0.717, 1.165) is 6.42 Å². The van der Waals surface area contributed by atoms with Crippen LogP contribution in [0.15, 0.2) is 22.5 Å². The molecule has 0 nitrogen and oxygen atoms in total. The molecule has 9 heavy (non-hydrogen) atoms. The molecule has 0 aromatic rings. The van der Waals surface area contributed by atoms with E-state index in [1.807, 2.05) is 6.92 Å². The van der Waals surface area contributed by atoms with Crippen molar-refractivity contribution in [2.75, 3.05) is 0 Å². The van der Waals surface area contributed by atoms with Crippen LogP contribution in [0.1, 0.15) is 27.2 Å². The highest BCUT2D eigenvalue weighted by Crippen LogP contribution is 2.24. The quantitative estimate of drug-likeness (QED) is 0.580. The van der Waals surface area contributed by atoms with E-state index in [1.165, 1.54) is 9.81 Å². The fraction of sp³-hybridized carbons (Fsp3) is 0.500. The highest BCUT2D eigenvalue weighted by atomic mass is 32.2. The van der Waals surface area contributed by atoms with Gasteiger partial charge in [0.15, 0.2) is 0 Å². The maximum atomic E-state index is 3.88. The number of thioether (sulfide) groups is 1. The van der Waals surface area contributed by atoms with Crippen molar-refractivity contribution in [2.24, 2.45) is 0 Å². The number of allylic oxidation sites excluding steroid dienone is 3. The van der Waals surface area contributed by atoms with Crippen LogP contribution >= 0.6 is 11.8 Å². The van der Waals surface area contributed by atoms with Crippen LogP contribution < -0.4 is 0 Å². The van der Waals surface area contributed by atoms with Gasteiger partial charge in [0, 0.05) is 0 Å². The summed E-state index contributed by atoms with van der Waals surface area (Å²) in [4.78, 5) is 2.58. The van der Waals surface area contributed by atoms with Crippen molar-refractivity contribution < 1.29 is 0 Å². The summed E-state index contributed by atoms with van der Waals surface area (Å²) in [7, 11) is 0. The molecule has 0 amide bonds. The van der Waals surface area contributed by atoms with E-state index in [0.29, 0.717) is 0 Å². The molecular weight excluding hydrogens is 128 g/mol. The van der Waals surface area contributed by atoms with E-state index in [9.17, 15) is 0 Å². The standard InChI is InChI=1S/C8H14S/c1-5-7(3)9-8(4)6-2/h6H,3,5H2,1-2,4H3/b8-6-. The molecule has 0 N–H and O–H groups in total. The maximum Gasteiger partial charge on any atom is -0.0180 e. The lowest BCUT2D eigenvalue weighted by molar-refractivity contribution is 1.21. The van der Waals surface area contributed by atoms with Gasteiger partial charge in [-0.1, -0.05) is 19.6 Å². The van der Waals surface area contributed by atoms with Crippen molar-refractivity contribution in [3.05, 3.63) is 22.5 Å². The first-order valence-corrected chi connectivity index (χ1v) is 4.00. The van der Waals surface area contributed by atoms with E-state index >= 15 is 0 Å². The molecule has 0 aliphatic rings. The van der Waals surface area contributed by atoms with Crippen LogP contribution in [-0.2, 0) is 0 Å². The molecule has 0 atom stereocenters. The zero-order valence-electron chi connectivity index (χ0n) is 6.40. The molecule has 0 fully saturated rings. The predicted molar refractivity (Wildman–Crippen MR) is 46.5 cm³/mol. The van der Waals surface area contributed by atoms with Crippen molar-refractivity contribution in [1.82, 2.24) is 0 Å². The lowest BCUT2D eigenvalue weighted by atomic mass is 10.5. The van der Waals surface area contributed by atoms with Crippen LogP contribution in [0.2, 0.25) is 0 Å². The first-order valence-electron chi connectivity index (χ1n) is 3.19. The Morgan fingerprint density at radius 1 is 1.67 bits per heavy atom. The van der Waals surface area contributed by atoms with Gasteiger partial charge in [0.05, 0.1) is 0 Å². The number of rotatable bonds is 3. The van der Waals surface area contributed by atoms with Gasteiger partial charge in [0.1, 0.15) is 0 Å². The van der Waals surface area contributed by atoms with Crippen molar-refractivity contribution in [3.8, 4) is 0 Å². The van der Waals surface area contributed by atoms with Crippen molar-refractivity contribution >= 4 is 11.8 Å². The number of hydrogen-bond donors (Lipinski definition) is 0. The predicted octanol–water partition coefficient (Wildman–Crippen LogP) is 3.57. The molecule has 0 aliphatic carbocycles. The minimum Gasteiger partial charge on any atom is -0.100 e. The van der Waals surface area contributed by atoms with E-state index in [4.69, 9.17) is 0 Å². The van der Waals surface area contributed by atoms with Crippen molar-refractivity contribution in [3.63, 3.8) is 0 Å². The summed E-state index contributed by atoms with van der Waals surface area (Å²) in [5.41, 5.74) is 0. The normalized spacial score (nSPS) is 11.7. The van der Waals surface area contributed by atoms with Gasteiger partial charge in [-0.2, -0.15) is 0 Å². The Kier molecular flexibility index (Phi) is 4.60. The van der Waals surface area contributed by atoms with Gasteiger partial charge in [-0.25, -0.2) is 0 Å². The Morgan fingerprint density at radius 3 is 2.56 bits per heavy atom. The third-order valence-corrected chi connectivity index (χ3v) is 2.24. The van der Waals surface area contributed by atoms with Crippen LogP contribution in [0, 0.1) is 0 Å². The second-order valence-electron chi connectivity index (χ2n) is 1.89. The maximum absolute atomic E-state index is 3.88. The molecule has 0 unspecified atom stereocenters. The summed E-state index contributed by atoms with van der Waals surface area (Å²) in [6, 6.07) is 0. The summed E-state index contributed by atoms with van der Waals surface area (Å²) < 4.78 is 0. The minimum atomic E-state index is 1.07. The van der Waals surface area contributed by atoms with Crippen LogP contribution in [-0.4, -0.2) is 0 Å². The van der Waals surface area contributed by atoms with E-state index < -0.39 is 0 Å². The highest BCUT2D eigenvalue weighted by Gasteiger charge is 1.90. The fourth-order valence-electron chi connectivity index (χ4n) is 0.359. The van der Waals surface area contributed by atoms with Gasteiger partial charge in [-0.05, 0) is 30.1 Å². The molecule has 0 saturated heterocycles. The van der Waals surface area contributed by atoms with Crippen LogP contribution in [0.3, 0.4) is 0 Å². The molecule has 0 saturated carbocycles. The number of hydrogen-bond acceptors (Lipinski definition) is 1. The molecule has 0 bridgehead atoms. The topological polar surface area (TPSA) is 0 Å². The van der Waals surface area contributed by atoms with Gasteiger partial charge in [0.25, 0.3) is 0 Å². The third kappa shape index (κ3) is 4.34. The first kappa shape index (κ1) is 8.83. The zero-order valence-corrected chi connectivity index (χ0v) is 7.22. The van der Waals surface area contributed by atoms with E-state index in [-0.39, 0.29) is 0 Å². The van der Waals surface area contributed by atoms with Crippen LogP contribution in [0.25, 0.3) is 0 Å². The lowest BCUT2D eigenvalue weighted by Gasteiger charge is -1.99. The summed E-state index contributed by atoms with van der Waals surface area (Å²) in [5.74, 6) is 0. The van der Waals surface area contributed by atoms with Gasteiger partial charge in [-0.3, -0.25) is 0 Å². The van der Waals surface area contributed by atoms with Gasteiger partial charge >= 0.3 is 0 Å². The summed E-state index contributed by atoms with van der Waals surface area (Å²) in [5, 5.41) is 0. The largest absolute Gasteiger partial charge is 0.100 e. The Morgan fingerprint density at radius 2 is 2.22 bits per heavy atom. The Bertz CT molecular complexity index is 123. The van der Waals surface area contributed by atoms with E-state index in [2.05, 4.69) is 26.5 Å². The molecule has 0 aromatic heterocycles. The Hall–Kier alpha value is -0.170. The Balaban J connectivity index is 3.60. The zero-order chi connectivity index (χ0) is 7.28. The highest BCUT2D eigenvalue weighted by molar-refractivity contribution is 8.06. The molecule has 0 radical (unpaired) electrons.